The number of carbonyl (C=O) groups is 2. The van der Waals surface area contributed by atoms with Crippen molar-refractivity contribution in [3.05, 3.63) is 27.2 Å². The molecule has 0 unspecified atom stereocenters. The number of carboxylic acids is 1. The van der Waals surface area contributed by atoms with Crippen molar-refractivity contribution in [2.45, 2.75) is 26.3 Å². The molecule has 0 saturated heterocycles. The maximum absolute atomic E-state index is 11.7. The summed E-state index contributed by atoms with van der Waals surface area (Å²) >= 11 is 9.27. The molecule has 0 aliphatic heterocycles. The zero-order chi connectivity index (χ0) is 14.6. The fraction of sp³-hybridized carbons (Fsp3) is 0.333. The molecule has 0 aromatic heterocycles. The zero-order valence-electron chi connectivity index (χ0n) is 10.5. The van der Waals surface area contributed by atoms with Gasteiger partial charge in [-0.15, -0.1) is 0 Å². The lowest BCUT2D eigenvalue weighted by molar-refractivity contribution is -0.139. The minimum atomic E-state index is -1.07. The van der Waals surface area contributed by atoms with Crippen molar-refractivity contribution in [1.82, 2.24) is 5.32 Å². The number of rotatable bonds is 4. The number of carbonyl (C=O) groups excluding carboxylic acids is 1. The van der Waals surface area contributed by atoms with Crippen molar-refractivity contribution in [2.24, 2.45) is 0 Å². The van der Waals surface area contributed by atoms with E-state index in [4.69, 9.17) is 16.7 Å². The second-order valence-corrected chi connectivity index (χ2v) is 5.24. The molecule has 0 fully saturated rings. The molecule has 0 aliphatic carbocycles. The van der Waals surface area contributed by atoms with Gasteiger partial charge in [-0.3, -0.25) is 0 Å². The monoisotopic (exact) mass is 348 g/mol. The summed E-state index contributed by atoms with van der Waals surface area (Å²) in [5.74, 6) is -1.07. The topological polar surface area (TPSA) is 78.4 Å². The number of benzene rings is 1. The van der Waals surface area contributed by atoms with Crippen LogP contribution in [0.4, 0.5) is 10.5 Å². The maximum atomic E-state index is 11.7. The van der Waals surface area contributed by atoms with Gasteiger partial charge in [0.2, 0.25) is 0 Å². The number of nitrogens with one attached hydrogen (secondary N) is 2. The molecule has 1 atom stereocenters. The van der Waals surface area contributed by atoms with E-state index in [9.17, 15) is 9.59 Å². The third-order valence-electron chi connectivity index (χ3n) is 2.51. The Hall–Kier alpha value is -1.27. The number of urea groups is 1. The molecular formula is C12H14BrClN2O3. The Morgan fingerprint density at radius 2 is 2.11 bits per heavy atom. The highest BCUT2D eigenvalue weighted by Crippen LogP contribution is 2.29. The first-order valence-corrected chi connectivity index (χ1v) is 6.78. The van der Waals surface area contributed by atoms with E-state index >= 15 is 0 Å². The molecule has 104 valence electrons. The number of aryl methyl sites for hydroxylation is 1. The quantitative estimate of drug-likeness (QED) is 0.779. The average molecular weight is 350 g/mol. The molecule has 0 heterocycles. The Balaban J connectivity index is 2.77. The van der Waals surface area contributed by atoms with E-state index in [0.29, 0.717) is 21.6 Å². The van der Waals surface area contributed by atoms with Crippen molar-refractivity contribution in [3.63, 3.8) is 0 Å². The van der Waals surface area contributed by atoms with Crippen LogP contribution in [0, 0.1) is 6.92 Å². The highest BCUT2D eigenvalue weighted by Gasteiger charge is 2.18. The molecule has 1 aromatic carbocycles. The highest BCUT2D eigenvalue weighted by molar-refractivity contribution is 9.10. The second-order valence-electron chi connectivity index (χ2n) is 3.98. The molecule has 0 spiro atoms. The summed E-state index contributed by atoms with van der Waals surface area (Å²) in [6, 6.07) is 1.86. The van der Waals surface area contributed by atoms with E-state index in [0.717, 1.165) is 5.56 Å². The molecule has 2 amide bonds. The van der Waals surface area contributed by atoms with E-state index in [2.05, 4.69) is 26.6 Å². The summed E-state index contributed by atoms with van der Waals surface area (Å²) in [7, 11) is 0. The normalized spacial score (nSPS) is 11.8. The van der Waals surface area contributed by atoms with Gasteiger partial charge in [-0.2, -0.15) is 0 Å². The van der Waals surface area contributed by atoms with E-state index in [1.54, 1.807) is 19.1 Å². The van der Waals surface area contributed by atoms with Crippen LogP contribution in [0.2, 0.25) is 5.02 Å². The van der Waals surface area contributed by atoms with Crippen LogP contribution >= 0.6 is 27.5 Å². The van der Waals surface area contributed by atoms with Crippen molar-refractivity contribution in [3.8, 4) is 0 Å². The van der Waals surface area contributed by atoms with E-state index < -0.39 is 18.0 Å². The minimum absolute atomic E-state index is 0.304. The van der Waals surface area contributed by atoms with E-state index in [1.807, 2.05) is 6.92 Å². The van der Waals surface area contributed by atoms with Crippen LogP contribution in [-0.2, 0) is 4.79 Å². The Labute approximate surface area is 124 Å². The SMILES string of the molecule is CC[C@H](NC(=O)Nc1cc(Cl)c(C)cc1Br)C(=O)O. The van der Waals surface area contributed by atoms with Gasteiger partial charge in [0, 0.05) is 9.50 Å². The number of anilines is 1. The van der Waals surface area contributed by atoms with Gasteiger partial charge in [0.1, 0.15) is 6.04 Å². The van der Waals surface area contributed by atoms with Gasteiger partial charge in [0.15, 0.2) is 0 Å². The zero-order valence-corrected chi connectivity index (χ0v) is 12.8. The van der Waals surface area contributed by atoms with Gasteiger partial charge >= 0.3 is 12.0 Å². The molecule has 19 heavy (non-hydrogen) atoms. The standard InChI is InChI=1S/C12H14BrClN2O3/c1-3-9(11(17)18)15-12(19)16-10-5-8(14)6(2)4-7(10)13/h4-5,9H,3H2,1-2H3,(H,17,18)(H2,15,16,19)/t9-/m0/s1. The van der Waals surface area contributed by atoms with Gasteiger partial charge in [-0.1, -0.05) is 18.5 Å². The molecule has 1 aromatic rings. The number of halogens is 2. The van der Waals surface area contributed by atoms with Crippen LogP contribution in [0.15, 0.2) is 16.6 Å². The predicted molar refractivity (Wildman–Crippen MR) is 77.8 cm³/mol. The molecule has 0 bridgehead atoms. The number of hydrogen-bond acceptors (Lipinski definition) is 2. The average Bonchev–Trinajstić information content (AvgIpc) is 2.32. The number of carboxylic acid groups (broad SMARTS) is 1. The Morgan fingerprint density at radius 1 is 1.47 bits per heavy atom. The van der Waals surface area contributed by atoms with Crippen LogP contribution < -0.4 is 10.6 Å². The van der Waals surface area contributed by atoms with Gasteiger partial charge in [0.25, 0.3) is 0 Å². The number of amides is 2. The first-order valence-electron chi connectivity index (χ1n) is 5.61. The molecule has 7 heteroatoms. The molecular weight excluding hydrogens is 336 g/mol. The van der Waals surface area contributed by atoms with Crippen molar-refractivity contribution >= 4 is 45.2 Å². The van der Waals surface area contributed by atoms with Gasteiger partial charge in [0.05, 0.1) is 5.69 Å². The lowest BCUT2D eigenvalue weighted by atomic mass is 10.2. The Morgan fingerprint density at radius 3 is 2.63 bits per heavy atom. The van der Waals surface area contributed by atoms with Crippen molar-refractivity contribution in [2.75, 3.05) is 5.32 Å². The van der Waals surface area contributed by atoms with Gasteiger partial charge in [-0.05, 0) is 47.0 Å². The van der Waals surface area contributed by atoms with E-state index in [1.165, 1.54) is 0 Å². The van der Waals surface area contributed by atoms with Crippen LogP contribution in [0.5, 0.6) is 0 Å². The summed E-state index contributed by atoms with van der Waals surface area (Å²) in [6.45, 7) is 3.52. The Bertz CT molecular complexity index is 508. The fourth-order valence-electron chi connectivity index (χ4n) is 1.40. The number of hydrogen-bond donors (Lipinski definition) is 3. The molecule has 0 radical (unpaired) electrons. The first-order chi connectivity index (χ1) is 8.85. The highest BCUT2D eigenvalue weighted by atomic mass is 79.9. The van der Waals surface area contributed by atoms with Gasteiger partial charge < -0.3 is 15.7 Å². The molecule has 3 N–H and O–H groups in total. The smallest absolute Gasteiger partial charge is 0.326 e. The van der Waals surface area contributed by atoms with E-state index in [-0.39, 0.29) is 0 Å². The summed E-state index contributed by atoms with van der Waals surface area (Å²) in [4.78, 5) is 22.5. The summed E-state index contributed by atoms with van der Waals surface area (Å²) in [6.07, 6.45) is 0.304. The summed E-state index contributed by atoms with van der Waals surface area (Å²) < 4.78 is 0.674. The third kappa shape index (κ3) is 4.40. The van der Waals surface area contributed by atoms with Crippen LogP contribution in [0.3, 0.4) is 0 Å². The largest absolute Gasteiger partial charge is 0.480 e. The maximum Gasteiger partial charge on any atom is 0.326 e. The lowest BCUT2D eigenvalue weighted by Gasteiger charge is -2.14. The predicted octanol–water partition coefficient (Wildman–Crippen LogP) is 3.40. The molecule has 5 nitrogen and oxygen atoms in total. The second kappa shape index (κ2) is 6.77. The third-order valence-corrected chi connectivity index (χ3v) is 3.57. The van der Waals surface area contributed by atoms with Crippen LogP contribution in [0.1, 0.15) is 18.9 Å². The lowest BCUT2D eigenvalue weighted by Crippen LogP contribution is -2.42. The fourth-order valence-corrected chi connectivity index (χ4v) is 2.12. The molecule has 0 saturated carbocycles. The first kappa shape index (κ1) is 15.8. The minimum Gasteiger partial charge on any atom is -0.480 e. The van der Waals surface area contributed by atoms with Crippen molar-refractivity contribution < 1.29 is 14.7 Å². The Kier molecular flexibility index (Phi) is 5.62. The molecule has 1 rings (SSSR count). The summed E-state index contributed by atoms with van der Waals surface area (Å²) in [5, 5.41) is 14.3. The van der Waals surface area contributed by atoms with Gasteiger partial charge in [-0.25, -0.2) is 9.59 Å². The van der Waals surface area contributed by atoms with Crippen molar-refractivity contribution in [1.29, 1.82) is 0 Å². The number of aliphatic carboxylic acids is 1. The summed E-state index contributed by atoms with van der Waals surface area (Å²) in [5.41, 5.74) is 1.35. The molecule has 0 aliphatic rings. The van der Waals surface area contributed by atoms with Crippen LogP contribution in [-0.4, -0.2) is 23.1 Å². The van der Waals surface area contributed by atoms with Crippen LogP contribution in [0.25, 0.3) is 0 Å².